The average Bonchev–Trinajstić information content (AvgIpc) is 3.51. The Balaban J connectivity index is 1.17. The van der Waals surface area contributed by atoms with Crippen LogP contribution in [0.4, 0.5) is 5.69 Å². The molecule has 1 aliphatic carbocycles. The average molecular weight is 559 g/mol. The van der Waals surface area contributed by atoms with Gasteiger partial charge in [0.2, 0.25) is 5.91 Å². The summed E-state index contributed by atoms with van der Waals surface area (Å²) >= 11 is 4.57. The lowest BCUT2D eigenvalue weighted by molar-refractivity contribution is -0.113. The van der Waals surface area contributed by atoms with Crippen LogP contribution in [0.25, 0.3) is 31.0 Å². The first kappa shape index (κ1) is 25.0. The molecule has 0 radical (unpaired) electrons. The maximum Gasteiger partial charge on any atom is 0.263 e. The van der Waals surface area contributed by atoms with Crippen LogP contribution in [0.5, 0.6) is 0 Å². The molecule has 0 aliphatic heterocycles. The number of anilines is 1. The number of thioether (sulfide) groups is 1. The van der Waals surface area contributed by atoms with Crippen LogP contribution < -0.4 is 10.9 Å². The van der Waals surface area contributed by atoms with E-state index in [4.69, 9.17) is 9.97 Å². The number of fused-ring (bicyclic) bond motifs is 4. The van der Waals surface area contributed by atoms with E-state index in [1.165, 1.54) is 32.5 Å². The number of carbonyl (C=O) groups is 1. The van der Waals surface area contributed by atoms with Gasteiger partial charge in [0.25, 0.3) is 5.56 Å². The molecule has 0 atom stereocenters. The number of allylic oxidation sites excluding steroid dienone is 1. The van der Waals surface area contributed by atoms with Gasteiger partial charge in [0.1, 0.15) is 9.84 Å². The Labute approximate surface area is 232 Å². The van der Waals surface area contributed by atoms with Crippen molar-refractivity contribution in [3.05, 3.63) is 81.5 Å². The van der Waals surface area contributed by atoms with Crippen molar-refractivity contribution < 1.29 is 4.79 Å². The van der Waals surface area contributed by atoms with Crippen molar-refractivity contribution in [2.75, 3.05) is 11.1 Å². The van der Waals surface area contributed by atoms with Crippen molar-refractivity contribution in [1.29, 1.82) is 0 Å². The third-order valence-electron chi connectivity index (χ3n) is 6.64. The van der Waals surface area contributed by atoms with E-state index in [2.05, 4.69) is 31.0 Å². The molecule has 0 bridgehead atoms. The van der Waals surface area contributed by atoms with Gasteiger partial charge in [-0.25, -0.2) is 9.97 Å². The Hall–Kier alpha value is -3.27. The summed E-state index contributed by atoms with van der Waals surface area (Å²) in [4.78, 5) is 37.8. The zero-order valence-corrected chi connectivity index (χ0v) is 23.4. The number of thiazole rings is 1. The third kappa shape index (κ3) is 4.81. The monoisotopic (exact) mass is 558 g/mol. The van der Waals surface area contributed by atoms with Gasteiger partial charge in [0.05, 0.1) is 21.4 Å². The Bertz CT molecular complexity index is 1750. The highest BCUT2D eigenvalue weighted by Crippen LogP contribution is 2.35. The summed E-state index contributed by atoms with van der Waals surface area (Å²) in [5.41, 5.74) is 5.09. The number of rotatable bonds is 7. The molecule has 6 nitrogen and oxygen atoms in total. The number of hydrogen-bond donors (Lipinski definition) is 1. The number of benzene rings is 2. The second kappa shape index (κ2) is 10.5. The lowest BCUT2D eigenvalue weighted by Gasteiger charge is -2.12. The van der Waals surface area contributed by atoms with Crippen molar-refractivity contribution in [3.63, 3.8) is 0 Å². The van der Waals surface area contributed by atoms with Gasteiger partial charge >= 0.3 is 0 Å². The summed E-state index contributed by atoms with van der Waals surface area (Å²) in [5.74, 6) is 0.00211. The zero-order chi connectivity index (χ0) is 26.2. The van der Waals surface area contributed by atoms with Gasteiger partial charge in [-0.2, -0.15) is 0 Å². The predicted molar refractivity (Wildman–Crippen MR) is 160 cm³/mol. The molecule has 0 saturated carbocycles. The van der Waals surface area contributed by atoms with Crippen LogP contribution in [0.15, 0.2) is 65.1 Å². The van der Waals surface area contributed by atoms with Crippen LogP contribution in [0.2, 0.25) is 0 Å². The molecule has 6 rings (SSSR count). The van der Waals surface area contributed by atoms with Gasteiger partial charge in [-0.3, -0.25) is 14.2 Å². The van der Waals surface area contributed by atoms with E-state index in [1.807, 2.05) is 30.3 Å². The molecule has 0 unspecified atom stereocenters. The maximum atomic E-state index is 13.4. The van der Waals surface area contributed by atoms with Crippen LogP contribution in [-0.4, -0.2) is 26.2 Å². The number of nitrogens with one attached hydrogen (secondary N) is 1. The topological polar surface area (TPSA) is 76.9 Å². The minimum Gasteiger partial charge on any atom is -0.325 e. The second-order valence-corrected chi connectivity index (χ2v) is 12.5. The molecule has 0 fully saturated rings. The molecule has 1 aliphatic rings. The molecular weight excluding hydrogens is 533 g/mol. The fourth-order valence-corrected chi connectivity index (χ4v) is 7.98. The molecule has 0 saturated heterocycles. The molecule has 192 valence electrons. The molecule has 3 aromatic heterocycles. The Kier molecular flexibility index (Phi) is 6.90. The highest BCUT2D eigenvalue weighted by molar-refractivity contribution is 7.99. The lowest BCUT2D eigenvalue weighted by atomic mass is 9.97. The SMILES string of the molecule is C=CCn1c(SCC(=O)Nc2ccc(-c3nc4ccc(C)cc4s3)cc2)nc2sc3c(c2c1=O)CCCC3. The summed E-state index contributed by atoms with van der Waals surface area (Å²) in [6.07, 6.45) is 5.92. The number of carbonyl (C=O) groups excluding carboxylic acids is 1. The number of hydrogen-bond acceptors (Lipinski definition) is 7. The lowest BCUT2D eigenvalue weighted by Crippen LogP contribution is -2.24. The van der Waals surface area contributed by atoms with Crippen molar-refractivity contribution in [3.8, 4) is 10.6 Å². The first-order valence-electron chi connectivity index (χ1n) is 12.6. The van der Waals surface area contributed by atoms with Crippen LogP contribution in [0.1, 0.15) is 28.8 Å². The van der Waals surface area contributed by atoms with Crippen molar-refractivity contribution in [2.24, 2.45) is 0 Å². The van der Waals surface area contributed by atoms with Crippen LogP contribution in [0, 0.1) is 6.92 Å². The summed E-state index contributed by atoms with van der Waals surface area (Å²) in [6, 6.07) is 14.0. The van der Waals surface area contributed by atoms with E-state index in [9.17, 15) is 9.59 Å². The molecule has 0 spiro atoms. The van der Waals surface area contributed by atoms with E-state index < -0.39 is 0 Å². The summed E-state index contributed by atoms with van der Waals surface area (Å²) in [5, 5.41) is 5.22. The summed E-state index contributed by atoms with van der Waals surface area (Å²) in [6.45, 7) is 6.26. The fourth-order valence-electron chi connectivity index (χ4n) is 4.80. The number of aromatic nitrogens is 3. The Morgan fingerprint density at radius 3 is 2.76 bits per heavy atom. The summed E-state index contributed by atoms with van der Waals surface area (Å²) < 4.78 is 2.81. The van der Waals surface area contributed by atoms with Crippen LogP contribution in [0.3, 0.4) is 0 Å². The highest BCUT2D eigenvalue weighted by atomic mass is 32.2. The highest BCUT2D eigenvalue weighted by Gasteiger charge is 2.22. The molecule has 38 heavy (non-hydrogen) atoms. The quantitative estimate of drug-likeness (QED) is 0.134. The molecule has 5 aromatic rings. The largest absolute Gasteiger partial charge is 0.325 e. The summed E-state index contributed by atoms with van der Waals surface area (Å²) in [7, 11) is 0. The Morgan fingerprint density at radius 2 is 1.95 bits per heavy atom. The van der Waals surface area contributed by atoms with Gasteiger partial charge in [0, 0.05) is 22.7 Å². The predicted octanol–water partition coefficient (Wildman–Crippen LogP) is 6.84. The van der Waals surface area contributed by atoms with E-state index >= 15 is 0 Å². The zero-order valence-electron chi connectivity index (χ0n) is 21.0. The van der Waals surface area contributed by atoms with Crippen molar-refractivity contribution in [1.82, 2.24) is 14.5 Å². The fraction of sp³-hybridized carbons (Fsp3) is 0.241. The molecular formula is C29H26N4O2S3. The number of amides is 1. The first-order valence-corrected chi connectivity index (χ1v) is 15.2. The van der Waals surface area contributed by atoms with E-state index in [-0.39, 0.29) is 17.2 Å². The van der Waals surface area contributed by atoms with Crippen molar-refractivity contribution in [2.45, 2.75) is 44.3 Å². The number of nitrogens with zero attached hydrogens (tertiary/aromatic N) is 3. The van der Waals surface area contributed by atoms with Gasteiger partial charge in [-0.05, 0) is 80.1 Å². The minimum absolute atomic E-state index is 0.0298. The van der Waals surface area contributed by atoms with E-state index in [0.29, 0.717) is 17.4 Å². The normalized spacial score (nSPS) is 13.1. The van der Waals surface area contributed by atoms with Gasteiger partial charge in [-0.1, -0.05) is 23.9 Å². The van der Waals surface area contributed by atoms with Gasteiger partial charge < -0.3 is 5.32 Å². The number of thiophene rings is 1. The minimum atomic E-state index is -0.150. The molecule has 2 aromatic carbocycles. The van der Waals surface area contributed by atoms with E-state index in [0.717, 1.165) is 52.0 Å². The Morgan fingerprint density at radius 1 is 1.13 bits per heavy atom. The second-order valence-electron chi connectivity index (χ2n) is 9.39. The smallest absolute Gasteiger partial charge is 0.263 e. The molecule has 9 heteroatoms. The molecule has 1 amide bonds. The standard InChI is InChI=1S/C29H26N4O2S3/c1-3-14-33-28(35)25-20-6-4-5-7-22(20)37-27(25)32-29(33)36-16-24(34)30-19-11-9-18(10-12-19)26-31-21-13-8-17(2)15-23(21)38-26/h3,8-13,15H,1,4-7,14,16H2,2H3,(H,30,34). The number of aryl methyl sites for hydroxylation is 3. The third-order valence-corrected chi connectivity index (χ3v) is 9.87. The molecule has 1 N–H and O–H groups in total. The van der Waals surface area contributed by atoms with Crippen LogP contribution >= 0.6 is 34.4 Å². The van der Waals surface area contributed by atoms with E-state index in [1.54, 1.807) is 33.3 Å². The van der Waals surface area contributed by atoms with Gasteiger partial charge in [0.15, 0.2) is 5.16 Å². The van der Waals surface area contributed by atoms with Crippen molar-refractivity contribution >= 4 is 66.5 Å². The molecule has 3 heterocycles. The van der Waals surface area contributed by atoms with Crippen LogP contribution in [-0.2, 0) is 24.2 Å². The first-order chi connectivity index (χ1) is 18.5. The maximum absolute atomic E-state index is 13.4. The van der Waals surface area contributed by atoms with Gasteiger partial charge in [-0.15, -0.1) is 29.3 Å².